The van der Waals surface area contributed by atoms with Gasteiger partial charge in [-0.15, -0.1) is 11.3 Å². The van der Waals surface area contributed by atoms with Gasteiger partial charge in [0.25, 0.3) is 0 Å². The molecular weight excluding hydrogens is 272 g/mol. The topological polar surface area (TPSA) is 51.2 Å². The Morgan fingerprint density at radius 3 is 2.95 bits per heavy atom. The maximum Gasteiger partial charge on any atom is 0.126 e. The Morgan fingerprint density at radius 1 is 1.35 bits per heavy atom. The van der Waals surface area contributed by atoms with Crippen LogP contribution in [0.4, 0.5) is 0 Å². The maximum absolute atomic E-state index is 5.61. The van der Waals surface area contributed by atoms with E-state index < -0.39 is 0 Å². The summed E-state index contributed by atoms with van der Waals surface area (Å²) in [7, 11) is 0. The highest BCUT2D eigenvalue weighted by molar-refractivity contribution is 7.13. The molecule has 3 rings (SSSR count). The van der Waals surface area contributed by atoms with E-state index >= 15 is 0 Å². The summed E-state index contributed by atoms with van der Waals surface area (Å²) in [5.41, 5.74) is 2.05. The number of hydrogen-bond acceptors (Lipinski definition) is 5. The zero-order valence-electron chi connectivity index (χ0n) is 11.4. The van der Waals surface area contributed by atoms with Crippen LogP contribution in [-0.2, 0) is 6.54 Å². The quantitative estimate of drug-likeness (QED) is 0.766. The third kappa shape index (κ3) is 2.84. The Bertz CT molecular complexity index is 670. The molecule has 0 amide bonds. The Balaban J connectivity index is 1.61. The number of aromatic nitrogens is 1. The molecule has 0 bridgehead atoms. The van der Waals surface area contributed by atoms with Gasteiger partial charge in [-0.05, 0) is 32.0 Å². The Labute approximate surface area is 121 Å². The third-order valence-electron chi connectivity index (χ3n) is 3.10. The zero-order valence-corrected chi connectivity index (χ0v) is 12.2. The highest BCUT2D eigenvalue weighted by atomic mass is 32.1. The van der Waals surface area contributed by atoms with E-state index in [1.165, 1.54) is 0 Å². The lowest BCUT2D eigenvalue weighted by Crippen LogP contribution is -2.17. The molecule has 0 saturated carbocycles. The van der Waals surface area contributed by atoms with Crippen LogP contribution in [0.2, 0.25) is 0 Å². The first-order valence-corrected chi connectivity index (χ1v) is 7.37. The molecule has 0 fully saturated rings. The summed E-state index contributed by atoms with van der Waals surface area (Å²) in [6.07, 6.45) is 3.38. The molecular formula is C15H16N2O2S. The molecule has 104 valence electrons. The lowest BCUT2D eigenvalue weighted by atomic mass is 10.2. The van der Waals surface area contributed by atoms with Crippen LogP contribution in [0.1, 0.15) is 30.2 Å². The summed E-state index contributed by atoms with van der Waals surface area (Å²) >= 11 is 1.62. The molecule has 5 heteroatoms. The highest BCUT2D eigenvalue weighted by Crippen LogP contribution is 2.24. The summed E-state index contributed by atoms with van der Waals surface area (Å²) in [5.74, 6) is 1.89. The van der Waals surface area contributed by atoms with Gasteiger partial charge >= 0.3 is 0 Å². The van der Waals surface area contributed by atoms with Crippen LogP contribution in [0.5, 0.6) is 0 Å². The molecule has 0 aliphatic rings. The van der Waals surface area contributed by atoms with Gasteiger partial charge in [0, 0.05) is 17.5 Å². The van der Waals surface area contributed by atoms with Gasteiger partial charge < -0.3 is 14.2 Å². The molecule has 0 radical (unpaired) electrons. The average Bonchev–Trinajstić information content (AvgIpc) is 3.16. The molecule has 1 N–H and O–H groups in total. The number of rotatable bonds is 5. The van der Waals surface area contributed by atoms with E-state index in [0.29, 0.717) is 0 Å². The van der Waals surface area contributed by atoms with Crippen molar-refractivity contribution in [1.29, 1.82) is 0 Å². The van der Waals surface area contributed by atoms with Crippen LogP contribution in [0.25, 0.3) is 10.6 Å². The van der Waals surface area contributed by atoms with Crippen molar-refractivity contribution in [3.63, 3.8) is 0 Å². The summed E-state index contributed by atoms with van der Waals surface area (Å²) in [6.45, 7) is 4.75. The first-order chi connectivity index (χ1) is 9.72. The summed E-state index contributed by atoms with van der Waals surface area (Å²) in [6, 6.07) is 6.07. The Kier molecular flexibility index (Phi) is 3.71. The van der Waals surface area contributed by atoms with Gasteiger partial charge in [-0.2, -0.15) is 0 Å². The number of thiazole rings is 1. The predicted molar refractivity (Wildman–Crippen MR) is 78.5 cm³/mol. The summed E-state index contributed by atoms with van der Waals surface area (Å²) < 4.78 is 10.7. The molecule has 4 nitrogen and oxygen atoms in total. The second-order valence-corrected chi connectivity index (χ2v) is 5.57. The monoisotopic (exact) mass is 288 g/mol. The van der Waals surface area contributed by atoms with Crippen LogP contribution < -0.4 is 5.32 Å². The fourth-order valence-electron chi connectivity index (χ4n) is 1.95. The Hall–Kier alpha value is -1.85. The summed E-state index contributed by atoms with van der Waals surface area (Å²) in [5, 5.41) is 6.46. The normalized spacial score (nSPS) is 12.7. The largest absolute Gasteiger partial charge is 0.472 e. The van der Waals surface area contributed by atoms with Crippen molar-refractivity contribution in [2.24, 2.45) is 0 Å². The van der Waals surface area contributed by atoms with E-state index in [0.717, 1.165) is 34.3 Å². The van der Waals surface area contributed by atoms with Crippen molar-refractivity contribution >= 4 is 11.3 Å². The maximum atomic E-state index is 5.61. The van der Waals surface area contributed by atoms with Crippen LogP contribution >= 0.6 is 11.3 Å². The number of nitrogens with one attached hydrogen (secondary N) is 1. The van der Waals surface area contributed by atoms with E-state index in [1.807, 2.05) is 25.1 Å². The molecule has 3 heterocycles. The van der Waals surface area contributed by atoms with E-state index in [1.54, 1.807) is 23.9 Å². The molecule has 0 aliphatic carbocycles. The predicted octanol–water partition coefficient (Wildman–Crippen LogP) is 4.16. The average molecular weight is 288 g/mol. The van der Waals surface area contributed by atoms with Crippen LogP contribution in [-0.4, -0.2) is 4.98 Å². The van der Waals surface area contributed by atoms with Crippen molar-refractivity contribution in [1.82, 2.24) is 10.3 Å². The van der Waals surface area contributed by atoms with Crippen molar-refractivity contribution in [3.8, 4) is 10.6 Å². The number of furan rings is 2. The zero-order chi connectivity index (χ0) is 13.9. The first-order valence-electron chi connectivity index (χ1n) is 6.49. The third-order valence-corrected chi connectivity index (χ3v) is 4.04. The standard InChI is InChI=1S/C15H16N2O2S/c1-10-3-4-14(19-10)11(2)16-7-13-9-20-15(17-13)12-5-6-18-8-12/h3-6,8-9,11,16H,7H2,1-2H3/t11-/m1/s1. The Morgan fingerprint density at radius 2 is 2.25 bits per heavy atom. The fourth-order valence-corrected chi connectivity index (χ4v) is 2.76. The molecule has 3 aromatic heterocycles. The molecule has 1 atom stereocenters. The van der Waals surface area contributed by atoms with Gasteiger partial charge in [0.2, 0.25) is 0 Å². The van der Waals surface area contributed by atoms with Gasteiger partial charge in [-0.25, -0.2) is 4.98 Å². The molecule has 0 saturated heterocycles. The summed E-state index contributed by atoms with van der Waals surface area (Å²) in [4.78, 5) is 4.59. The van der Waals surface area contributed by atoms with Gasteiger partial charge in [0.05, 0.1) is 18.0 Å². The minimum atomic E-state index is 0.169. The molecule has 3 aromatic rings. The minimum Gasteiger partial charge on any atom is -0.472 e. The van der Waals surface area contributed by atoms with Gasteiger partial charge in [-0.1, -0.05) is 0 Å². The van der Waals surface area contributed by atoms with Crippen molar-refractivity contribution in [2.45, 2.75) is 26.4 Å². The smallest absolute Gasteiger partial charge is 0.126 e. The second-order valence-electron chi connectivity index (χ2n) is 4.71. The van der Waals surface area contributed by atoms with E-state index in [-0.39, 0.29) is 6.04 Å². The van der Waals surface area contributed by atoms with Crippen LogP contribution in [0, 0.1) is 6.92 Å². The van der Waals surface area contributed by atoms with E-state index in [2.05, 4.69) is 22.6 Å². The van der Waals surface area contributed by atoms with E-state index in [4.69, 9.17) is 8.83 Å². The van der Waals surface area contributed by atoms with Crippen molar-refractivity contribution in [2.75, 3.05) is 0 Å². The number of aryl methyl sites for hydroxylation is 1. The van der Waals surface area contributed by atoms with Gasteiger partial charge in [-0.3, -0.25) is 0 Å². The molecule has 0 aromatic carbocycles. The SMILES string of the molecule is Cc1ccc([C@@H](C)NCc2csc(-c3ccoc3)n2)o1. The van der Waals surface area contributed by atoms with Crippen LogP contribution in [0.3, 0.4) is 0 Å². The van der Waals surface area contributed by atoms with E-state index in [9.17, 15) is 0 Å². The number of hydrogen-bond donors (Lipinski definition) is 1. The van der Waals surface area contributed by atoms with Crippen LogP contribution in [0.15, 0.2) is 44.9 Å². The highest BCUT2D eigenvalue weighted by Gasteiger charge is 2.10. The molecule has 0 unspecified atom stereocenters. The molecule has 0 aliphatic heterocycles. The van der Waals surface area contributed by atoms with Crippen molar-refractivity contribution < 1.29 is 8.83 Å². The lowest BCUT2D eigenvalue weighted by molar-refractivity contribution is 0.415. The minimum absolute atomic E-state index is 0.169. The fraction of sp³-hybridized carbons (Fsp3) is 0.267. The molecule has 0 spiro atoms. The number of nitrogens with zero attached hydrogens (tertiary/aromatic N) is 1. The van der Waals surface area contributed by atoms with Gasteiger partial charge in [0.15, 0.2) is 0 Å². The first kappa shape index (κ1) is 13.1. The second kappa shape index (κ2) is 5.64. The van der Waals surface area contributed by atoms with Crippen molar-refractivity contribution in [3.05, 3.63) is 53.3 Å². The van der Waals surface area contributed by atoms with Gasteiger partial charge in [0.1, 0.15) is 22.8 Å². The lowest BCUT2D eigenvalue weighted by Gasteiger charge is -2.09. The molecule has 20 heavy (non-hydrogen) atoms.